The molecule has 36 heavy (non-hydrogen) atoms. The summed E-state index contributed by atoms with van der Waals surface area (Å²) in [6.07, 6.45) is 5.61. The second kappa shape index (κ2) is 11.9. The van der Waals surface area contributed by atoms with Gasteiger partial charge in [0, 0.05) is 24.0 Å². The lowest BCUT2D eigenvalue weighted by Gasteiger charge is -2.33. The fourth-order valence-corrected chi connectivity index (χ4v) is 9.23. The molecule has 0 spiro atoms. The third kappa shape index (κ3) is 5.73. The molecule has 0 aliphatic heterocycles. The highest BCUT2D eigenvalue weighted by Gasteiger charge is 2.35. The van der Waals surface area contributed by atoms with E-state index in [1.165, 1.54) is 6.07 Å². The van der Waals surface area contributed by atoms with Gasteiger partial charge >= 0.3 is 0 Å². The Kier molecular flexibility index (Phi) is 8.63. The van der Waals surface area contributed by atoms with Crippen LogP contribution < -0.4 is 16.2 Å². The molecule has 1 atom stereocenters. The summed E-state index contributed by atoms with van der Waals surface area (Å²) in [6.45, 7) is 2.34. The topological polar surface area (TPSA) is 34.4 Å². The minimum atomic E-state index is -2.56. The molecule has 0 N–H and O–H groups in total. The van der Waals surface area contributed by atoms with Gasteiger partial charge in [0.1, 0.15) is 11.6 Å². The fraction of sp³-hybridized carbons (Fsp3) is 0.103. The van der Waals surface area contributed by atoms with Crippen molar-refractivity contribution in [3.63, 3.8) is 0 Å². The van der Waals surface area contributed by atoms with Crippen LogP contribution in [0, 0.1) is 5.82 Å². The average Bonchev–Trinajstić information content (AvgIpc) is 2.91. The third-order valence-electron chi connectivity index (χ3n) is 5.81. The van der Waals surface area contributed by atoms with E-state index in [2.05, 4.69) is 15.9 Å². The second-order valence-electron chi connectivity index (χ2n) is 8.21. The van der Waals surface area contributed by atoms with E-state index in [1.807, 2.05) is 85.8 Å². The average molecular weight is 579 g/mol. The Morgan fingerprint density at radius 1 is 1.00 bits per heavy atom. The van der Waals surface area contributed by atoms with Gasteiger partial charge in [-0.2, -0.15) is 0 Å². The number of hydrogen-bond donors (Lipinski definition) is 0. The van der Waals surface area contributed by atoms with Gasteiger partial charge in [0.2, 0.25) is 0 Å². The normalized spacial score (nSPS) is 13.1. The molecule has 3 nitrogen and oxygen atoms in total. The standard InChI is InChI=1S/C29H25BrFN2OPS/c1-22(32-19-10-11-23-17-18-27(31)26(30)21-23)29(33-20-9-8-16-28(33)34)35(36,24-12-4-2-5-13-24)25-14-6-3-7-15-25/h2-18,20-21,29H,19H2,1H3/b11-10+,32-22?. The molecule has 4 rings (SSSR count). The van der Waals surface area contributed by atoms with Crippen molar-refractivity contribution >= 4 is 56.2 Å². The molecule has 0 aliphatic rings. The zero-order valence-corrected chi connectivity index (χ0v) is 23.0. The second-order valence-corrected chi connectivity index (χ2v) is 13.6. The molecular formula is C29H25BrFN2OPS. The number of aromatic nitrogens is 1. The molecule has 0 saturated heterocycles. The number of nitrogens with zero attached hydrogens (tertiary/aromatic N) is 2. The molecule has 1 aromatic heterocycles. The van der Waals surface area contributed by atoms with Crippen LogP contribution in [0.15, 0.2) is 124 Å². The lowest BCUT2D eigenvalue weighted by atomic mass is 10.2. The molecule has 7 heteroatoms. The predicted molar refractivity (Wildman–Crippen MR) is 157 cm³/mol. The lowest BCUT2D eigenvalue weighted by Crippen LogP contribution is -2.34. The number of aliphatic imine (C=N–C) groups is 1. The third-order valence-corrected chi connectivity index (χ3v) is 11.7. The maximum Gasteiger partial charge on any atom is 0.251 e. The lowest BCUT2D eigenvalue weighted by molar-refractivity contribution is 0.621. The Morgan fingerprint density at radius 3 is 2.19 bits per heavy atom. The van der Waals surface area contributed by atoms with Crippen molar-refractivity contribution in [1.82, 2.24) is 4.57 Å². The Bertz CT molecular complexity index is 1460. The van der Waals surface area contributed by atoms with Gasteiger partial charge < -0.3 is 4.57 Å². The molecule has 1 heterocycles. The van der Waals surface area contributed by atoms with Crippen molar-refractivity contribution in [2.45, 2.75) is 12.7 Å². The summed E-state index contributed by atoms with van der Waals surface area (Å²) in [7, 11) is 0. The maximum atomic E-state index is 13.5. The summed E-state index contributed by atoms with van der Waals surface area (Å²) in [5.41, 5.74) is 1.53. The van der Waals surface area contributed by atoms with Crippen LogP contribution in [0.25, 0.3) is 6.08 Å². The highest BCUT2D eigenvalue weighted by atomic mass is 79.9. The first-order valence-corrected chi connectivity index (χ1v) is 15.1. The minimum Gasteiger partial charge on any atom is -0.302 e. The molecule has 0 bridgehead atoms. The summed E-state index contributed by atoms with van der Waals surface area (Å²) in [6, 6.07) is 27.5. The van der Waals surface area contributed by atoms with E-state index in [0.717, 1.165) is 21.9 Å². The molecule has 0 amide bonds. The van der Waals surface area contributed by atoms with Crippen LogP contribution in [-0.2, 0) is 11.8 Å². The van der Waals surface area contributed by atoms with Crippen LogP contribution in [0.2, 0.25) is 0 Å². The van der Waals surface area contributed by atoms with Gasteiger partial charge in [-0.1, -0.05) is 96.8 Å². The van der Waals surface area contributed by atoms with E-state index in [1.54, 1.807) is 35.0 Å². The van der Waals surface area contributed by atoms with Gasteiger partial charge in [0.15, 0.2) is 0 Å². The molecule has 182 valence electrons. The number of rotatable bonds is 8. The van der Waals surface area contributed by atoms with Crippen LogP contribution in [-0.4, -0.2) is 16.8 Å². The summed E-state index contributed by atoms with van der Waals surface area (Å²) in [5.74, 6) is -0.732. The van der Waals surface area contributed by atoms with E-state index in [0.29, 0.717) is 11.0 Å². The summed E-state index contributed by atoms with van der Waals surface area (Å²) < 4.78 is 15.7. The molecule has 0 radical (unpaired) electrons. The van der Waals surface area contributed by atoms with Gasteiger partial charge in [-0.3, -0.25) is 9.79 Å². The van der Waals surface area contributed by atoms with Crippen molar-refractivity contribution in [2.75, 3.05) is 6.54 Å². The summed E-state index contributed by atoms with van der Waals surface area (Å²) >= 11 is 9.79. The van der Waals surface area contributed by atoms with Crippen LogP contribution >= 0.6 is 22.0 Å². The zero-order chi connectivity index (χ0) is 25.5. The highest BCUT2D eigenvalue weighted by molar-refractivity contribution is 9.10. The van der Waals surface area contributed by atoms with Crippen LogP contribution in [0.4, 0.5) is 4.39 Å². The van der Waals surface area contributed by atoms with Crippen molar-refractivity contribution in [1.29, 1.82) is 0 Å². The van der Waals surface area contributed by atoms with Crippen molar-refractivity contribution < 1.29 is 4.39 Å². The number of halogens is 2. The first kappa shape index (κ1) is 26.2. The van der Waals surface area contributed by atoms with Crippen LogP contribution in [0.5, 0.6) is 0 Å². The predicted octanol–water partition coefficient (Wildman–Crippen LogP) is 6.55. The molecule has 4 aromatic rings. The fourth-order valence-electron chi connectivity index (χ4n) is 4.10. The Hall–Kier alpha value is -2.92. The van der Waals surface area contributed by atoms with Crippen molar-refractivity contribution in [3.8, 4) is 0 Å². The molecular weight excluding hydrogens is 554 g/mol. The van der Waals surface area contributed by atoms with Crippen LogP contribution in [0.3, 0.4) is 0 Å². The van der Waals surface area contributed by atoms with E-state index >= 15 is 0 Å². The van der Waals surface area contributed by atoms with Gasteiger partial charge in [0.25, 0.3) is 5.56 Å². The zero-order valence-electron chi connectivity index (χ0n) is 19.7. The Balaban J connectivity index is 1.80. The largest absolute Gasteiger partial charge is 0.302 e. The van der Waals surface area contributed by atoms with Crippen LogP contribution in [0.1, 0.15) is 18.3 Å². The van der Waals surface area contributed by atoms with Gasteiger partial charge in [-0.05, 0) is 57.2 Å². The first-order chi connectivity index (χ1) is 17.4. The van der Waals surface area contributed by atoms with Gasteiger partial charge in [-0.25, -0.2) is 4.39 Å². The van der Waals surface area contributed by atoms with E-state index in [4.69, 9.17) is 16.8 Å². The number of pyridine rings is 1. The van der Waals surface area contributed by atoms with Gasteiger partial charge in [-0.15, -0.1) is 0 Å². The first-order valence-electron chi connectivity index (χ1n) is 11.4. The Labute approximate surface area is 224 Å². The number of benzene rings is 3. The smallest absolute Gasteiger partial charge is 0.251 e. The highest BCUT2D eigenvalue weighted by Crippen LogP contribution is 2.55. The summed E-state index contributed by atoms with van der Waals surface area (Å²) in [5, 5.41) is 2.04. The van der Waals surface area contributed by atoms with E-state index in [-0.39, 0.29) is 11.4 Å². The maximum absolute atomic E-state index is 13.5. The van der Waals surface area contributed by atoms with Crippen molar-refractivity contribution in [3.05, 3.63) is 136 Å². The minimum absolute atomic E-state index is 0.121. The summed E-state index contributed by atoms with van der Waals surface area (Å²) in [4.78, 5) is 17.9. The van der Waals surface area contributed by atoms with Gasteiger partial charge in [0.05, 0.1) is 11.0 Å². The van der Waals surface area contributed by atoms with Crippen molar-refractivity contribution in [2.24, 2.45) is 4.99 Å². The quantitative estimate of drug-likeness (QED) is 0.175. The molecule has 0 fully saturated rings. The SMILES string of the molecule is CC(=NC/C=C/c1ccc(F)c(Br)c1)C(n1ccccc1=O)P(=S)(c1ccccc1)c1ccccc1. The number of hydrogen-bond acceptors (Lipinski definition) is 3. The molecule has 0 aliphatic carbocycles. The molecule has 3 aromatic carbocycles. The molecule has 1 unspecified atom stereocenters. The molecule has 0 saturated carbocycles. The monoisotopic (exact) mass is 578 g/mol. The van der Waals surface area contributed by atoms with E-state index < -0.39 is 11.8 Å². The Morgan fingerprint density at radius 2 is 1.61 bits per heavy atom. The van der Waals surface area contributed by atoms with E-state index in [9.17, 15) is 9.18 Å².